The highest BCUT2D eigenvalue weighted by atomic mass is 16.5. The standard InChI is InChI=1S/C8H8O2.C3H8O/c1-7(9)10-8-5-3-2-4-6-8;1-2-3-4/h2-6H,1H3;4H,2-3H2,1H3. The summed E-state index contributed by atoms with van der Waals surface area (Å²) in [6.07, 6.45) is 0.875. The van der Waals surface area contributed by atoms with E-state index in [4.69, 9.17) is 9.84 Å². The van der Waals surface area contributed by atoms with Crippen molar-refractivity contribution in [3.63, 3.8) is 0 Å². The Morgan fingerprint density at radius 1 is 1.36 bits per heavy atom. The number of aliphatic hydroxyl groups excluding tert-OH is 1. The van der Waals surface area contributed by atoms with E-state index in [-0.39, 0.29) is 5.97 Å². The van der Waals surface area contributed by atoms with Crippen LogP contribution in [0.2, 0.25) is 0 Å². The molecule has 0 bridgehead atoms. The largest absolute Gasteiger partial charge is 0.427 e. The van der Waals surface area contributed by atoms with Crippen molar-refractivity contribution in [1.29, 1.82) is 0 Å². The smallest absolute Gasteiger partial charge is 0.308 e. The van der Waals surface area contributed by atoms with E-state index in [0.717, 1.165) is 6.42 Å². The van der Waals surface area contributed by atoms with Crippen LogP contribution in [0.5, 0.6) is 5.75 Å². The van der Waals surface area contributed by atoms with Crippen LogP contribution in [0, 0.1) is 0 Å². The number of carbonyl (C=O) groups is 1. The molecule has 3 nitrogen and oxygen atoms in total. The minimum absolute atomic E-state index is 0.286. The van der Waals surface area contributed by atoms with E-state index in [1.807, 2.05) is 25.1 Å². The van der Waals surface area contributed by atoms with Gasteiger partial charge in [0.1, 0.15) is 5.75 Å². The van der Waals surface area contributed by atoms with Gasteiger partial charge in [0.05, 0.1) is 0 Å². The summed E-state index contributed by atoms with van der Waals surface area (Å²) in [7, 11) is 0. The first-order valence-corrected chi connectivity index (χ1v) is 4.55. The van der Waals surface area contributed by atoms with Gasteiger partial charge in [-0.2, -0.15) is 0 Å². The second-order valence-corrected chi connectivity index (χ2v) is 2.63. The molecule has 0 amide bonds. The normalized spacial score (nSPS) is 8.50. The summed E-state index contributed by atoms with van der Waals surface area (Å²) < 4.78 is 4.78. The number of para-hydroxylation sites is 1. The average Bonchev–Trinajstić information content (AvgIpc) is 2.19. The Morgan fingerprint density at radius 2 is 1.86 bits per heavy atom. The first-order valence-electron chi connectivity index (χ1n) is 4.55. The van der Waals surface area contributed by atoms with Crippen LogP contribution in [0.3, 0.4) is 0 Å². The molecule has 1 N–H and O–H groups in total. The molecule has 0 aliphatic carbocycles. The zero-order chi connectivity index (χ0) is 10.8. The van der Waals surface area contributed by atoms with E-state index < -0.39 is 0 Å². The van der Waals surface area contributed by atoms with E-state index in [9.17, 15) is 4.79 Å². The van der Waals surface area contributed by atoms with Crippen LogP contribution in [0.15, 0.2) is 30.3 Å². The molecule has 0 unspecified atom stereocenters. The summed E-state index contributed by atoms with van der Waals surface area (Å²) in [5.41, 5.74) is 0. The summed E-state index contributed by atoms with van der Waals surface area (Å²) in [6, 6.07) is 8.98. The predicted molar refractivity (Wildman–Crippen MR) is 55.1 cm³/mol. The maximum absolute atomic E-state index is 10.4. The molecule has 0 radical (unpaired) electrons. The molecule has 0 heterocycles. The number of aliphatic hydroxyl groups is 1. The first kappa shape index (κ1) is 12.7. The maximum Gasteiger partial charge on any atom is 0.308 e. The topological polar surface area (TPSA) is 46.5 Å². The van der Waals surface area contributed by atoms with Gasteiger partial charge >= 0.3 is 5.97 Å². The summed E-state index contributed by atoms with van der Waals surface area (Å²) in [6.45, 7) is 3.63. The van der Waals surface area contributed by atoms with Gasteiger partial charge in [-0.15, -0.1) is 0 Å². The van der Waals surface area contributed by atoms with Gasteiger partial charge in [0.25, 0.3) is 0 Å². The predicted octanol–water partition coefficient (Wildman–Crippen LogP) is 2.00. The van der Waals surface area contributed by atoms with Crippen molar-refractivity contribution in [2.75, 3.05) is 6.61 Å². The number of hydrogen-bond acceptors (Lipinski definition) is 3. The quantitative estimate of drug-likeness (QED) is 0.581. The molecule has 1 aromatic rings. The van der Waals surface area contributed by atoms with Crippen molar-refractivity contribution in [2.24, 2.45) is 0 Å². The van der Waals surface area contributed by atoms with Crippen LogP contribution in [0.25, 0.3) is 0 Å². The highest BCUT2D eigenvalue weighted by Crippen LogP contribution is 2.07. The Labute approximate surface area is 84.3 Å². The Balaban J connectivity index is 0.000000364. The molecule has 0 atom stereocenters. The Hall–Kier alpha value is -1.35. The number of hydrogen-bond donors (Lipinski definition) is 1. The van der Waals surface area contributed by atoms with Crippen LogP contribution in [0.4, 0.5) is 0 Å². The number of benzene rings is 1. The number of esters is 1. The van der Waals surface area contributed by atoms with Crippen LogP contribution >= 0.6 is 0 Å². The monoisotopic (exact) mass is 196 g/mol. The van der Waals surface area contributed by atoms with E-state index in [0.29, 0.717) is 12.4 Å². The minimum Gasteiger partial charge on any atom is -0.427 e. The molecule has 0 aromatic heterocycles. The fourth-order valence-electron chi connectivity index (χ4n) is 0.655. The lowest BCUT2D eigenvalue weighted by atomic mass is 10.3. The summed E-state index contributed by atoms with van der Waals surface area (Å²) >= 11 is 0. The third kappa shape index (κ3) is 7.31. The molecular formula is C11H16O3. The summed E-state index contributed by atoms with van der Waals surface area (Å²) in [5.74, 6) is 0.307. The van der Waals surface area contributed by atoms with Crippen molar-refractivity contribution in [3.8, 4) is 5.75 Å². The van der Waals surface area contributed by atoms with Crippen molar-refractivity contribution < 1.29 is 14.6 Å². The molecule has 0 saturated carbocycles. The average molecular weight is 196 g/mol. The molecule has 14 heavy (non-hydrogen) atoms. The lowest BCUT2D eigenvalue weighted by molar-refractivity contribution is -0.131. The SMILES string of the molecule is CC(=O)Oc1ccccc1.CCCO. The molecule has 3 heteroatoms. The van der Waals surface area contributed by atoms with Gasteiger partial charge in [-0.3, -0.25) is 4.79 Å². The zero-order valence-corrected chi connectivity index (χ0v) is 8.56. The highest BCUT2D eigenvalue weighted by Gasteiger charge is 1.92. The van der Waals surface area contributed by atoms with Gasteiger partial charge in [-0.25, -0.2) is 0 Å². The second kappa shape index (κ2) is 8.26. The van der Waals surface area contributed by atoms with Gasteiger partial charge in [0.15, 0.2) is 0 Å². The van der Waals surface area contributed by atoms with Gasteiger partial charge in [0, 0.05) is 13.5 Å². The third-order valence-electron chi connectivity index (χ3n) is 1.23. The van der Waals surface area contributed by atoms with Crippen molar-refractivity contribution in [1.82, 2.24) is 0 Å². The van der Waals surface area contributed by atoms with Crippen LogP contribution in [-0.4, -0.2) is 17.7 Å². The molecule has 1 rings (SSSR count). The molecule has 0 saturated heterocycles. The van der Waals surface area contributed by atoms with Gasteiger partial charge in [-0.1, -0.05) is 25.1 Å². The molecule has 1 aromatic carbocycles. The van der Waals surface area contributed by atoms with E-state index in [1.165, 1.54) is 6.92 Å². The summed E-state index contributed by atoms with van der Waals surface area (Å²) in [5, 5.41) is 7.88. The van der Waals surface area contributed by atoms with Crippen molar-refractivity contribution in [2.45, 2.75) is 20.3 Å². The fraction of sp³-hybridized carbons (Fsp3) is 0.364. The van der Waals surface area contributed by atoms with Crippen LogP contribution in [0.1, 0.15) is 20.3 Å². The van der Waals surface area contributed by atoms with Crippen LogP contribution in [-0.2, 0) is 4.79 Å². The lowest BCUT2D eigenvalue weighted by Gasteiger charge is -1.97. The van der Waals surface area contributed by atoms with Gasteiger partial charge < -0.3 is 9.84 Å². The molecule has 0 aliphatic rings. The molecule has 0 aliphatic heterocycles. The van der Waals surface area contributed by atoms with E-state index in [1.54, 1.807) is 12.1 Å². The summed E-state index contributed by atoms with van der Waals surface area (Å²) in [4.78, 5) is 10.4. The van der Waals surface area contributed by atoms with Crippen molar-refractivity contribution in [3.05, 3.63) is 30.3 Å². The first-order chi connectivity index (χ1) is 6.70. The zero-order valence-electron chi connectivity index (χ0n) is 8.56. The Kier molecular flexibility index (Phi) is 7.46. The molecule has 0 spiro atoms. The third-order valence-corrected chi connectivity index (χ3v) is 1.23. The fourth-order valence-corrected chi connectivity index (χ4v) is 0.655. The minimum atomic E-state index is -0.286. The Bertz CT molecular complexity index is 242. The van der Waals surface area contributed by atoms with Crippen molar-refractivity contribution >= 4 is 5.97 Å². The lowest BCUT2D eigenvalue weighted by Crippen LogP contribution is -2.00. The number of carbonyl (C=O) groups excluding carboxylic acids is 1. The maximum atomic E-state index is 10.4. The van der Waals surface area contributed by atoms with Crippen LogP contribution < -0.4 is 4.74 Å². The molecule has 78 valence electrons. The second-order valence-electron chi connectivity index (χ2n) is 2.63. The van der Waals surface area contributed by atoms with E-state index >= 15 is 0 Å². The number of ether oxygens (including phenoxy) is 1. The van der Waals surface area contributed by atoms with Gasteiger partial charge in [0.2, 0.25) is 0 Å². The Morgan fingerprint density at radius 3 is 2.21 bits per heavy atom. The molecular weight excluding hydrogens is 180 g/mol. The van der Waals surface area contributed by atoms with Gasteiger partial charge in [-0.05, 0) is 18.6 Å². The highest BCUT2D eigenvalue weighted by molar-refractivity contribution is 5.69. The number of rotatable bonds is 2. The molecule has 0 fully saturated rings. The van der Waals surface area contributed by atoms with E-state index in [2.05, 4.69) is 0 Å².